The van der Waals surface area contributed by atoms with Crippen molar-refractivity contribution in [3.05, 3.63) is 76.9 Å². The van der Waals surface area contributed by atoms with Gasteiger partial charge in [0.1, 0.15) is 41.5 Å². The third kappa shape index (κ3) is 7.67. The van der Waals surface area contributed by atoms with Gasteiger partial charge < -0.3 is 39.2 Å². The minimum Gasteiger partial charge on any atom is -0.460 e. The number of hydrogen-bond acceptors (Lipinski definition) is 12. The number of nitrogens with one attached hydrogen (secondary N) is 1. The Kier molecular flexibility index (Phi) is 11.0. The fourth-order valence-electron chi connectivity index (χ4n) is 9.80. The molecule has 1 saturated carbocycles. The van der Waals surface area contributed by atoms with E-state index in [0.29, 0.717) is 25.7 Å². The third-order valence-electron chi connectivity index (χ3n) is 12.4. The largest absolute Gasteiger partial charge is 0.460 e. The number of hydrogen-bond donors (Lipinski definition) is 2. The normalized spacial score (nSPS) is 29.6. The van der Waals surface area contributed by atoms with Crippen LogP contribution < -0.4 is 5.32 Å². The molecule has 2 bridgehead atoms. The summed E-state index contributed by atoms with van der Waals surface area (Å²) in [6.45, 7) is 5.22. The van der Waals surface area contributed by atoms with Crippen LogP contribution in [-0.4, -0.2) is 131 Å². The maximum Gasteiger partial charge on any atom is 0.327 e. The second kappa shape index (κ2) is 15.7. The fourth-order valence-corrected chi connectivity index (χ4v) is 9.80. The number of esters is 2. The SMILES string of the molecule is CN(C)C(=O)C=Cc1ccccc1CN1OC2C3OC4(Cc5ccccc5C4)OC3C3CC2(C(=O)N2CCCC2C(=O)NC(CO)CCC(=O)OC(C)(C)C)C1C(=O)O3. The molecule has 5 fully saturated rings. The van der Waals surface area contributed by atoms with E-state index in [0.717, 1.165) is 22.3 Å². The van der Waals surface area contributed by atoms with Crippen LogP contribution in [0, 0.1) is 5.41 Å². The number of fused-ring (bicyclic) bond motifs is 5. The Morgan fingerprint density at radius 2 is 1.73 bits per heavy atom. The highest BCUT2D eigenvalue weighted by Gasteiger charge is 2.77. The summed E-state index contributed by atoms with van der Waals surface area (Å²) in [5.74, 6) is -3.18. The standard InChI is InChI=1S/C44H54N4O11/c1-42(2,3)56-34(51)19-17-30(25-49)45-39(52)31-15-10-20-47(31)41(54)44-23-32-35-36(58-43(57-35)21-27-12-7-8-13-28(27)22-43)38(44)59-48(37(44)40(53)55-32)24-29-14-9-6-11-26(29)16-18-33(50)46(4)5/h6-9,11-14,16,18,30-32,35-38,49H,10,15,17,19-25H2,1-5H3,(H,45,52). The summed E-state index contributed by atoms with van der Waals surface area (Å²) >= 11 is 0. The van der Waals surface area contributed by atoms with Gasteiger partial charge in [-0.15, -0.1) is 0 Å². The zero-order valence-electron chi connectivity index (χ0n) is 34.3. The van der Waals surface area contributed by atoms with Crippen molar-refractivity contribution in [3.8, 4) is 0 Å². The number of rotatable bonds is 11. The van der Waals surface area contributed by atoms with E-state index in [1.54, 1.807) is 45.8 Å². The zero-order valence-corrected chi connectivity index (χ0v) is 34.3. The van der Waals surface area contributed by atoms with Crippen LogP contribution in [-0.2, 0) is 67.1 Å². The number of likely N-dealkylation sites (N-methyl/N-ethyl adjacent to an activating group) is 1. The quantitative estimate of drug-likeness (QED) is 0.251. The van der Waals surface area contributed by atoms with Gasteiger partial charge in [-0.25, -0.2) is 0 Å². The lowest BCUT2D eigenvalue weighted by molar-refractivity contribution is -0.218. The number of carbonyl (C=O) groups excluding carboxylic acids is 5. The Balaban J connectivity index is 1.10. The number of ether oxygens (including phenoxy) is 4. The molecule has 8 atom stereocenters. The van der Waals surface area contributed by atoms with Gasteiger partial charge >= 0.3 is 11.9 Å². The Labute approximate surface area is 343 Å². The van der Waals surface area contributed by atoms with Crippen LogP contribution in [0.25, 0.3) is 6.08 Å². The molecule has 2 N–H and O–H groups in total. The molecule has 3 amide bonds. The lowest BCUT2D eigenvalue weighted by atomic mass is 9.62. The minimum absolute atomic E-state index is 0.0126. The number of benzene rings is 2. The van der Waals surface area contributed by atoms with Crippen molar-refractivity contribution < 1.29 is 52.9 Å². The molecule has 1 spiro atoms. The van der Waals surface area contributed by atoms with Crippen LogP contribution in [0.15, 0.2) is 54.6 Å². The fraction of sp³-hybridized carbons (Fsp3) is 0.568. The van der Waals surface area contributed by atoms with E-state index in [-0.39, 0.29) is 38.3 Å². The number of amides is 3. The molecule has 0 radical (unpaired) electrons. The molecule has 59 heavy (non-hydrogen) atoms. The summed E-state index contributed by atoms with van der Waals surface area (Å²) in [6.07, 6.45) is 1.99. The van der Waals surface area contributed by atoms with Crippen molar-refractivity contribution in [2.75, 3.05) is 27.2 Å². The van der Waals surface area contributed by atoms with Gasteiger partial charge in [0.25, 0.3) is 0 Å². The first-order valence-corrected chi connectivity index (χ1v) is 20.6. The molecular formula is C44H54N4O11. The second-order valence-corrected chi connectivity index (χ2v) is 17.9. The van der Waals surface area contributed by atoms with E-state index in [4.69, 9.17) is 23.8 Å². The van der Waals surface area contributed by atoms with Gasteiger partial charge in [-0.3, -0.25) is 28.8 Å². The Hall–Kier alpha value is -4.67. The second-order valence-electron chi connectivity index (χ2n) is 17.9. The minimum atomic E-state index is -1.51. The zero-order chi connectivity index (χ0) is 41.9. The predicted octanol–water partition coefficient (Wildman–Crippen LogP) is 2.46. The van der Waals surface area contributed by atoms with E-state index in [2.05, 4.69) is 5.32 Å². The summed E-state index contributed by atoms with van der Waals surface area (Å²) in [6, 6.07) is 12.6. The number of nitrogens with zero attached hydrogens (tertiary/aromatic N) is 3. The average Bonchev–Trinajstić information content (AvgIpc) is 3.98. The number of hydroxylamine groups is 2. The highest BCUT2D eigenvalue weighted by molar-refractivity contribution is 5.97. The van der Waals surface area contributed by atoms with E-state index in [9.17, 15) is 24.3 Å². The van der Waals surface area contributed by atoms with Crippen molar-refractivity contribution in [2.24, 2.45) is 5.41 Å². The van der Waals surface area contributed by atoms with Gasteiger partial charge in [-0.1, -0.05) is 48.5 Å². The monoisotopic (exact) mass is 814 g/mol. The third-order valence-corrected chi connectivity index (χ3v) is 12.4. The molecule has 8 rings (SSSR count). The summed E-state index contributed by atoms with van der Waals surface area (Å²) in [7, 11) is 3.33. The number of aliphatic hydroxyl groups excluding tert-OH is 1. The van der Waals surface area contributed by atoms with Crippen molar-refractivity contribution in [3.63, 3.8) is 0 Å². The van der Waals surface area contributed by atoms with Gasteiger partial charge in [0, 0.05) is 52.4 Å². The summed E-state index contributed by atoms with van der Waals surface area (Å²) in [4.78, 5) is 78.7. The Morgan fingerprint density at radius 3 is 2.42 bits per heavy atom. The average molecular weight is 815 g/mol. The predicted molar refractivity (Wildman–Crippen MR) is 210 cm³/mol. The first kappa shape index (κ1) is 41.1. The van der Waals surface area contributed by atoms with Gasteiger partial charge in [0.15, 0.2) is 11.8 Å². The smallest absolute Gasteiger partial charge is 0.327 e. The van der Waals surface area contributed by atoms with Gasteiger partial charge in [-0.05, 0) is 68.4 Å². The van der Waals surface area contributed by atoms with Crippen molar-refractivity contribution >= 4 is 35.7 Å². The molecule has 4 heterocycles. The van der Waals surface area contributed by atoms with Gasteiger partial charge in [0.05, 0.1) is 19.2 Å². The highest BCUT2D eigenvalue weighted by Crippen LogP contribution is 2.59. The number of aliphatic hydroxyl groups is 1. The molecule has 15 heteroatoms. The summed E-state index contributed by atoms with van der Waals surface area (Å²) < 4.78 is 25.3. The van der Waals surface area contributed by atoms with Crippen LogP contribution in [0.3, 0.4) is 0 Å². The lowest BCUT2D eigenvalue weighted by Crippen LogP contribution is -2.70. The maximum atomic E-state index is 15.5. The lowest BCUT2D eigenvalue weighted by Gasteiger charge is -2.50. The first-order valence-electron chi connectivity index (χ1n) is 20.6. The van der Waals surface area contributed by atoms with Crippen LogP contribution in [0.2, 0.25) is 0 Å². The molecule has 4 aliphatic heterocycles. The van der Waals surface area contributed by atoms with Crippen molar-refractivity contribution in [2.45, 2.75) is 126 Å². The number of likely N-dealkylation sites (tertiary alicyclic amines) is 1. The Bertz CT molecular complexity index is 2010. The van der Waals surface area contributed by atoms with Crippen LogP contribution in [0.1, 0.15) is 75.1 Å². The summed E-state index contributed by atoms with van der Waals surface area (Å²) in [5.41, 5.74) is 1.48. The molecule has 15 nitrogen and oxygen atoms in total. The molecule has 2 aromatic rings. The van der Waals surface area contributed by atoms with Crippen molar-refractivity contribution in [1.82, 2.24) is 20.2 Å². The van der Waals surface area contributed by atoms with Crippen LogP contribution in [0.4, 0.5) is 0 Å². The molecule has 6 aliphatic rings. The molecular weight excluding hydrogens is 761 g/mol. The molecule has 316 valence electrons. The van der Waals surface area contributed by atoms with Gasteiger partial charge in [-0.2, -0.15) is 5.06 Å². The van der Waals surface area contributed by atoms with E-state index < -0.39 is 89.7 Å². The molecule has 2 aromatic carbocycles. The van der Waals surface area contributed by atoms with E-state index >= 15 is 4.79 Å². The van der Waals surface area contributed by atoms with E-state index in [1.165, 1.54) is 16.0 Å². The molecule has 4 saturated heterocycles. The Morgan fingerprint density at radius 1 is 1.03 bits per heavy atom. The van der Waals surface area contributed by atoms with Crippen molar-refractivity contribution in [1.29, 1.82) is 0 Å². The summed E-state index contributed by atoms with van der Waals surface area (Å²) in [5, 5.41) is 14.6. The topological polar surface area (TPSA) is 173 Å². The molecule has 2 aliphatic carbocycles. The number of carbonyl (C=O) groups is 5. The van der Waals surface area contributed by atoms with E-state index in [1.807, 2.05) is 48.5 Å². The van der Waals surface area contributed by atoms with Crippen LogP contribution >= 0.6 is 0 Å². The van der Waals surface area contributed by atoms with Crippen LogP contribution in [0.5, 0.6) is 0 Å². The molecule has 8 unspecified atom stereocenters. The first-order chi connectivity index (χ1) is 28.1. The maximum absolute atomic E-state index is 15.5. The van der Waals surface area contributed by atoms with Gasteiger partial charge in [0.2, 0.25) is 17.7 Å². The highest BCUT2D eigenvalue weighted by atomic mass is 16.8. The molecule has 0 aromatic heterocycles.